The molecule has 0 heterocycles. The number of hydrogen-bond donors (Lipinski definition) is 0. The molecule has 1 atom stereocenters. The lowest BCUT2D eigenvalue weighted by atomic mass is 9.63. The highest BCUT2D eigenvalue weighted by atomic mass is 19.4. The fourth-order valence-corrected chi connectivity index (χ4v) is 4.68. The van der Waals surface area contributed by atoms with Gasteiger partial charge in [-0.2, -0.15) is 13.2 Å². The van der Waals surface area contributed by atoms with Crippen molar-refractivity contribution in [3.63, 3.8) is 0 Å². The largest absolute Gasteiger partial charge is 0.549 e. The lowest BCUT2D eigenvalue weighted by Gasteiger charge is -2.42. The minimum Gasteiger partial charge on any atom is -0.549 e. The number of hydrogen-bond acceptors (Lipinski definition) is 2. The van der Waals surface area contributed by atoms with Gasteiger partial charge < -0.3 is 9.90 Å². The standard InChI is InChI=1S/C28H33F3O2/c1-26(2)15-16-27(3,4)24-17-19(13-14-23(24)26)9-6-5-7-12-22(25(32)33)20-10-8-11-21(18-20)28(29,30)31/h7-8,10-14,17-18,22H,5-6,9,15-16H2,1-4H3,(H,32,33)/p-1/b12-7-. The van der Waals surface area contributed by atoms with Crippen molar-refractivity contribution in [3.8, 4) is 0 Å². The molecule has 0 aliphatic heterocycles. The van der Waals surface area contributed by atoms with Crippen molar-refractivity contribution in [1.29, 1.82) is 0 Å². The van der Waals surface area contributed by atoms with Crippen LogP contribution in [-0.2, 0) is 28.2 Å². The molecular weight excluding hydrogens is 425 g/mol. The molecule has 1 unspecified atom stereocenters. The van der Waals surface area contributed by atoms with E-state index in [-0.39, 0.29) is 16.4 Å². The monoisotopic (exact) mass is 457 g/mol. The van der Waals surface area contributed by atoms with Crippen molar-refractivity contribution in [2.24, 2.45) is 0 Å². The van der Waals surface area contributed by atoms with Crippen LogP contribution < -0.4 is 5.11 Å². The third-order valence-electron chi connectivity index (χ3n) is 6.91. The summed E-state index contributed by atoms with van der Waals surface area (Å²) < 4.78 is 38.9. The number of carbonyl (C=O) groups excluding carboxylic acids is 1. The summed E-state index contributed by atoms with van der Waals surface area (Å²) in [6.45, 7) is 9.18. The average Bonchev–Trinajstić information content (AvgIpc) is 2.73. The molecule has 0 radical (unpaired) electrons. The van der Waals surface area contributed by atoms with Crippen molar-refractivity contribution in [1.82, 2.24) is 0 Å². The Morgan fingerprint density at radius 2 is 1.70 bits per heavy atom. The Morgan fingerprint density at radius 3 is 2.33 bits per heavy atom. The Balaban J connectivity index is 1.65. The molecule has 2 aromatic carbocycles. The zero-order valence-electron chi connectivity index (χ0n) is 19.8. The molecule has 0 amide bonds. The van der Waals surface area contributed by atoms with E-state index in [4.69, 9.17) is 0 Å². The molecule has 0 N–H and O–H groups in total. The van der Waals surface area contributed by atoms with Gasteiger partial charge >= 0.3 is 6.18 Å². The predicted molar refractivity (Wildman–Crippen MR) is 123 cm³/mol. The maximum absolute atomic E-state index is 13.0. The van der Waals surface area contributed by atoms with Crippen molar-refractivity contribution in [2.75, 3.05) is 0 Å². The van der Waals surface area contributed by atoms with Crippen molar-refractivity contribution in [2.45, 2.75) is 82.7 Å². The number of allylic oxidation sites excluding steroid dienone is 1. The van der Waals surface area contributed by atoms with Gasteiger partial charge in [-0.1, -0.05) is 76.2 Å². The van der Waals surface area contributed by atoms with E-state index >= 15 is 0 Å². The van der Waals surface area contributed by atoms with E-state index in [1.54, 1.807) is 6.08 Å². The Bertz CT molecular complexity index is 1030. The van der Waals surface area contributed by atoms with Crippen LogP contribution in [0, 0.1) is 0 Å². The van der Waals surface area contributed by atoms with Gasteiger partial charge in [0.15, 0.2) is 0 Å². The Morgan fingerprint density at radius 1 is 1.03 bits per heavy atom. The predicted octanol–water partition coefficient (Wildman–Crippen LogP) is 6.47. The number of aryl methyl sites for hydroxylation is 1. The van der Waals surface area contributed by atoms with Crippen LogP contribution in [0.25, 0.3) is 0 Å². The van der Waals surface area contributed by atoms with Crippen LogP contribution in [0.3, 0.4) is 0 Å². The van der Waals surface area contributed by atoms with Crippen LogP contribution in [0.2, 0.25) is 0 Å². The smallest absolute Gasteiger partial charge is 0.416 e. The van der Waals surface area contributed by atoms with Gasteiger partial charge in [0.05, 0.1) is 11.5 Å². The SMILES string of the molecule is CC1(C)CCC(C)(C)c2cc(CCC/C=C\C(C(=O)[O-])c3cccc(C(F)(F)F)c3)ccc21. The topological polar surface area (TPSA) is 40.1 Å². The second-order valence-electron chi connectivity index (χ2n) is 10.4. The first-order valence-electron chi connectivity index (χ1n) is 11.5. The maximum Gasteiger partial charge on any atom is 0.416 e. The molecule has 0 aromatic heterocycles. The molecule has 0 fully saturated rings. The first-order valence-corrected chi connectivity index (χ1v) is 11.5. The highest BCUT2D eigenvalue weighted by Gasteiger charge is 2.36. The molecule has 1 aliphatic carbocycles. The van der Waals surface area contributed by atoms with E-state index in [0.717, 1.165) is 31.4 Å². The summed E-state index contributed by atoms with van der Waals surface area (Å²) in [5, 5.41) is 11.6. The number of benzene rings is 2. The van der Waals surface area contributed by atoms with Crippen LogP contribution >= 0.6 is 0 Å². The van der Waals surface area contributed by atoms with Gasteiger partial charge in [0.2, 0.25) is 0 Å². The second-order valence-corrected chi connectivity index (χ2v) is 10.4. The Labute approximate surface area is 194 Å². The number of halogens is 3. The number of alkyl halides is 3. The van der Waals surface area contributed by atoms with Crippen molar-refractivity contribution >= 4 is 5.97 Å². The van der Waals surface area contributed by atoms with Crippen LogP contribution in [0.5, 0.6) is 0 Å². The summed E-state index contributed by atoms with van der Waals surface area (Å²) in [4.78, 5) is 11.6. The average molecular weight is 458 g/mol. The van der Waals surface area contributed by atoms with E-state index in [0.29, 0.717) is 6.42 Å². The number of rotatable bonds is 7. The molecule has 0 saturated heterocycles. The third kappa shape index (κ3) is 5.87. The van der Waals surface area contributed by atoms with Crippen LogP contribution in [0.4, 0.5) is 13.2 Å². The number of fused-ring (bicyclic) bond motifs is 1. The minimum absolute atomic E-state index is 0.0700. The zero-order valence-corrected chi connectivity index (χ0v) is 19.8. The van der Waals surface area contributed by atoms with Gasteiger partial charge in [-0.05, 0) is 71.3 Å². The van der Waals surface area contributed by atoms with Gasteiger partial charge in [-0.15, -0.1) is 0 Å². The fraction of sp³-hybridized carbons (Fsp3) is 0.464. The van der Waals surface area contributed by atoms with E-state index in [9.17, 15) is 23.1 Å². The highest BCUT2D eigenvalue weighted by molar-refractivity contribution is 5.76. The summed E-state index contributed by atoms with van der Waals surface area (Å²) in [6, 6.07) is 11.2. The van der Waals surface area contributed by atoms with E-state index in [1.807, 2.05) is 0 Å². The quantitative estimate of drug-likeness (QED) is 0.353. The van der Waals surface area contributed by atoms with Gasteiger partial charge in [0.25, 0.3) is 0 Å². The Kier molecular flexibility index (Phi) is 7.11. The zero-order chi connectivity index (χ0) is 24.4. The first kappa shape index (κ1) is 25.1. The van der Waals surface area contributed by atoms with Crippen molar-refractivity contribution in [3.05, 3.63) is 82.4 Å². The molecule has 178 valence electrons. The molecule has 0 bridgehead atoms. The molecule has 1 aliphatic rings. The minimum atomic E-state index is -4.52. The summed E-state index contributed by atoms with van der Waals surface area (Å²) in [7, 11) is 0. The number of aliphatic carboxylic acids is 1. The molecule has 3 rings (SSSR count). The Hall–Kier alpha value is -2.56. The fourth-order valence-electron chi connectivity index (χ4n) is 4.68. The summed E-state index contributed by atoms with van der Waals surface area (Å²) in [5.74, 6) is -2.62. The molecule has 0 spiro atoms. The van der Waals surface area contributed by atoms with Crippen LogP contribution in [0.15, 0.2) is 54.6 Å². The van der Waals surface area contributed by atoms with E-state index in [2.05, 4.69) is 45.9 Å². The number of carboxylic acid groups (broad SMARTS) is 1. The van der Waals surface area contributed by atoms with Gasteiger partial charge in [0.1, 0.15) is 0 Å². The lowest BCUT2D eigenvalue weighted by molar-refractivity contribution is -0.306. The van der Waals surface area contributed by atoms with Gasteiger partial charge in [-0.3, -0.25) is 0 Å². The molecule has 5 heteroatoms. The normalized spacial score (nSPS) is 18.2. The number of carbonyl (C=O) groups is 1. The third-order valence-corrected chi connectivity index (χ3v) is 6.91. The summed E-state index contributed by atoms with van der Waals surface area (Å²) >= 11 is 0. The molecule has 0 saturated carbocycles. The number of carboxylic acids is 1. The maximum atomic E-state index is 13.0. The van der Waals surface area contributed by atoms with Crippen molar-refractivity contribution < 1.29 is 23.1 Å². The number of unbranched alkanes of at least 4 members (excludes halogenated alkanes) is 1. The second kappa shape index (κ2) is 9.36. The first-order chi connectivity index (χ1) is 15.3. The molecule has 2 aromatic rings. The van der Waals surface area contributed by atoms with E-state index < -0.39 is 23.6 Å². The molecule has 2 nitrogen and oxygen atoms in total. The highest BCUT2D eigenvalue weighted by Crippen LogP contribution is 2.46. The van der Waals surface area contributed by atoms with Crippen LogP contribution in [0.1, 0.15) is 87.1 Å². The van der Waals surface area contributed by atoms with Gasteiger partial charge in [0, 0.05) is 5.92 Å². The lowest BCUT2D eigenvalue weighted by Crippen LogP contribution is -2.33. The van der Waals surface area contributed by atoms with Crippen LogP contribution in [-0.4, -0.2) is 5.97 Å². The molecular formula is C28H32F3O2-. The summed E-state index contributed by atoms with van der Waals surface area (Å²) in [5.41, 5.74) is 3.61. The van der Waals surface area contributed by atoms with Gasteiger partial charge in [-0.25, -0.2) is 0 Å². The molecule has 33 heavy (non-hydrogen) atoms. The summed E-state index contributed by atoms with van der Waals surface area (Å²) in [6.07, 6.45) is 3.27. The van der Waals surface area contributed by atoms with E-state index in [1.165, 1.54) is 41.3 Å².